The van der Waals surface area contributed by atoms with Crippen molar-refractivity contribution in [3.05, 3.63) is 41.4 Å². The quantitative estimate of drug-likeness (QED) is 0.482. The van der Waals surface area contributed by atoms with E-state index in [1.165, 1.54) is 17.4 Å². The zero-order chi connectivity index (χ0) is 14.2. The van der Waals surface area contributed by atoms with Gasteiger partial charge in [0.25, 0.3) is 0 Å². The lowest BCUT2D eigenvalue weighted by molar-refractivity contribution is -0.131. The average Bonchev–Trinajstić information content (AvgIpc) is 2.96. The van der Waals surface area contributed by atoms with Gasteiger partial charge < -0.3 is 9.84 Å². The summed E-state index contributed by atoms with van der Waals surface area (Å²) in [6.07, 6.45) is 2.64. The second-order valence-electron chi connectivity index (χ2n) is 3.64. The monoisotopic (exact) mass is 308 g/mol. The Morgan fingerprint density at radius 2 is 2.20 bits per heavy atom. The van der Waals surface area contributed by atoms with E-state index in [1.54, 1.807) is 17.3 Å². The SMILES string of the molecule is O=C(O)C=Cc1ccc(OCCSc2nncs2)cc1. The number of hydrogen-bond donors (Lipinski definition) is 1. The summed E-state index contributed by atoms with van der Waals surface area (Å²) in [5.41, 5.74) is 2.52. The number of aliphatic carboxylic acids is 1. The maximum atomic E-state index is 10.4. The van der Waals surface area contributed by atoms with E-state index in [0.29, 0.717) is 6.61 Å². The van der Waals surface area contributed by atoms with Crippen LogP contribution in [-0.2, 0) is 4.79 Å². The molecule has 0 aliphatic heterocycles. The molecule has 0 bridgehead atoms. The highest BCUT2D eigenvalue weighted by atomic mass is 32.2. The predicted molar refractivity (Wildman–Crippen MR) is 79.2 cm³/mol. The van der Waals surface area contributed by atoms with E-state index >= 15 is 0 Å². The van der Waals surface area contributed by atoms with E-state index < -0.39 is 5.97 Å². The molecule has 0 aliphatic rings. The molecule has 2 aromatic rings. The van der Waals surface area contributed by atoms with E-state index in [-0.39, 0.29) is 0 Å². The van der Waals surface area contributed by atoms with Gasteiger partial charge in [0, 0.05) is 11.8 Å². The lowest BCUT2D eigenvalue weighted by atomic mass is 10.2. The highest BCUT2D eigenvalue weighted by molar-refractivity contribution is 8.01. The van der Waals surface area contributed by atoms with Crippen LogP contribution in [0, 0.1) is 0 Å². The molecule has 5 nitrogen and oxygen atoms in total. The number of thioether (sulfide) groups is 1. The molecule has 2 rings (SSSR count). The van der Waals surface area contributed by atoms with Gasteiger partial charge in [0.15, 0.2) is 4.34 Å². The largest absolute Gasteiger partial charge is 0.493 e. The molecule has 0 unspecified atom stereocenters. The predicted octanol–water partition coefficient (Wildman–Crippen LogP) is 2.81. The minimum atomic E-state index is -0.959. The summed E-state index contributed by atoms with van der Waals surface area (Å²) in [7, 11) is 0. The number of hydrogen-bond acceptors (Lipinski definition) is 6. The van der Waals surface area contributed by atoms with Crippen molar-refractivity contribution in [2.45, 2.75) is 4.34 Å². The topological polar surface area (TPSA) is 72.3 Å². The fourth-order valence-electron chi connectivity index (χ4n) is 1.36. The summed E-state index contributed by atoms with van der Waals surface area (Å²) in [6.45, 7) is 0.578. The highest BCUT2D eigenvalue weighted by Gasteiger charge is 1.98. The van der Waals surface area contributed by atoms with Gasteiger partial charge in [0.2, 0.25) is 0 Å². The third kappa shape index (κ3) is 5.02. The van der Waals surface area contributed by atoms with Gasteiger partial charge in [-0.25, -0.2) is 4.79 Å². The number of ether oxygens (including phenoxy) is 1. The Morgan fingerprint density at radius 1 is 1.40 bits per heavy atom. The molecule has 0 saturated heterocycles. The van der Waals surface area contributed by atoms with Crippen molar-refractivity contribution in [3.8, 4) is 5.75 Å². The molecule has 0 radical (unpaired) electrons. The van der Waals surface area contributed by atoms with E-state index in [2.05, 4.69) is 10.2 Å². The number of benzene rings is 1. The second-order valence-corrected chi connectivity index (χ2v) is 5.82. The van der Waals surface area contributed by atoms with Gasteiger partial charge in [-0.1, -0.05) is 35.2 Å². The number of carboxylic acid groups (broad SMARTS) is 1. The fourth-order valence-corrected chi connectivity index (χ4v) is 2.73. The van der Waals surface area contributed by atoms with E-state index in [1.807, 2.05) is 24.3 Å². The Hall–Kier alpha value is -1.86. The van der Waals surface area contributed by atoms with Crippen LogP contribution >= 0.6 is 23.1 Å². The van der Waals surface area contributed by atoms with Crippen molar-refractivity contribution in [1.29, 1.82) is 0 Å². The lowest BCUT2D eigenvalue weighted by Crippen LogP contribution is -1.99. The minimum Gasteiger partial charge on any atom is -0.493 e. The highest BCUT2D eigenvalue weighted by Crippen LogP contribution is 2.19. The van der Waals surface area contributed by atoms with E-state index in [9.17, 15) is 4.79 Å². The molecule has 1 N–H and O–H groups in total. The minimum absolute atomic E-state index is 0.578. The molecule has 7 heteroatoms. The number of carbonyl (C=O) groups is 1. The summed E-state index contributed by atoms with van der Waals surface area (Å²) in [5.74, 6) is 0.602. The van der Waals surface area contributed by atoms with Crippen LogP contribution in [0.5, 0.6) is 5.75 Å². The van der Waals surface area contributed by atoms with Gasteiger partial charge in [0.05, 0.1) is 6.61 Å². The molecule has 20 heavy (non-hydrogen) atoms. The molecule has 0 fully saturated rings. The standard InChI is InChI=1S/C13H12N2O3S2/c16-12(17)6-3-10-1-4-11(5-2-10)18-7-8-19-13-15-14-9-20-13/h1-6,9H,7-8H2,(H,16,17). The molecule has 0 spiro atoms. The first-order chi connectivity index (χ1) is 9.74. The Morgan fingerprint density at radius 3 is 2.85 bits per heavy atom. The van der Waals surface area contributed by atoms with E-state index in [0.717, 1.165) is 27.5 Å². The Labute approximate surface area is 124 Å². The maximum absolute atomic E-state index is 10.4. The average molecular weight is 308 g/mol. The smallest absolute Gasteiger partial charge is 0.328 e. The zero-order valence-electron chi connectivity index (χ0n) is 10.4. The summed E-state index contributed by atoms with van der Waals surface area (Å²) in [4.78, 5) is 10.4. The van der Waals surface area contributed by atoms with Crippen LogP contribution in [0.4, 0.5) is 0 Å². The third-order valence-corrected chi connectivity index (χ3v) is 4.04. The molecule has 0 aliphatic carbocycles. The van der Waals surface area contributed by atoms with Crippen LogP contribution in [0.15, 0.2) is 40.2 Å². The number of rotatable bonds is 7. The van der Waals surface area contributed by atoms with E-state index in [4.69, 9.17) is 9.84 Å². The van der Waals surface area contributed by atoms with Crippen LogP contribution in [0.2, 0.25) is 0 Å². The van der Waals surface area contributed by atoms with Crippen molar-refractivity contribution in [2.75, 3.05) is 12.4 Å². The molecule has 0 saturated carbocycles. The van der Waals surface area contributed by atoms with Crippen molar-refractivity contribution in [1.82, 2.24) is 10.2 Å². The third-order valence-electron chi connectivity index (χ3n) is 2.22. The Bertz CT molecular complexity index is 568. The van der Waals surface area contributed by atoms with Gasteiger partial charge in [-0.2, -0.15) is 0 Å². The summed E-state index contributed by atoms with van der Waals surface area (Å²) < 4.78 is 6.51. The molecule has 0 amide bonds. The van der Waals surface area contributed by atoms with Crippen molar-refractivity contribution in [3.63, 3.8) is 0 Å². The fraction of sp³-hybridized carbons (Fsp3) is 0.154. The second kappa shape index (κ2) is 7.66. The molecule has 1 aromatic carbocycles. The Kier molecular flexibility index (Phi) is 5.57. The summed E-state index contributed by atoms with van der Waals surface area (Å²) in [6, 6.07) is 7.26. The normalized spacial score (nSPS) is 10.8. The first-order valence-corrected chi connectivity index (χ1v) is 7.63. The molecule has 1 heterocycles. The van der Waals surface area contributed by atoms with Gasteiger partial charge in [0.1, 0.15) is 11.3 Å². The van der Waals surface area contributed by atoms with Crippen LogP contribution < -0.4 is 4.74 Å². The van der Waals surface area contributed by atoms with Crippen molar-refractivity contribution in [2.24, 2.45) is 0 Å². The summed E-state index contributed by atoms with van der Waals surface area (Å²) >= 11 is 3.11. The van der Waals surface area contributed by atoms with Crippen molar-refractivity contribution < 1.29 is 14.6 Å². The molecular formula is C13H12N2O3S2. The first-order valence-electron chi connectivity index (χ1n) is 5.77. The van der Waals surface area contributed by atoms with Crippen LogP contribution in [-0.4, -0.2) is 33.6 Å². The van der Waals surface area contributed by atoms with Gasteiger partial charge in [-0.15, -0.1) is 10.2 Å². The number of nitrogens with zero attached hydrogens (tertiary/aromatic N) is 2. The van der Waals surface area contributed by atoms with Crippen LogP contribution in [0.25, 0.3) is 6.08 Å². The molecule has 104 valence electrons. The zero-order valence-corrected chi connectivity index (χ0v) is 12.1. The Balaban J connectivity index is 1.74. The first kappa shape index (κ1) is 14.5. The maximum Gasteiger partial charge on any atom is 0.328 e. The lowest BCUT2D eigenvalue weighted by Gasteiger charge is -2.05. The van der Waals surface area contributed by atoms with Gasteiger partial charge >= 0.3 is 5.97 Å². The van der Waals surface area contributed by atoms with Crippen LogP contribution in [0.3, 0.4) is 0 Å². The van der Waals surface area contributed by atoms with Crippen LogP contribution in [0.1, 0.15) is 5.56 Å². The molecular weight excluding hydrogens is 296 g/mol. The number of carboxylic acids is 1. The summed E-state index contributed by atoms with van der Waals surface area (Å²) in [5, 5.41) is 16.2. The number of aromatic nitrogens is 2. The molecule has 0 atom stereocenters. The van der Waals surface area contributed by atoms with Gasteiger partial charge in [-0.05, 0) is 23.8 Å². The van der Waals surface area contributed by atoms with Crippen molar-refractivity contribution >= 4 is 35.1 Å². The molecule has 1 aromatic heterocycles. The van der Waals surface area contributed by atoms with Gasteiger partial charge in [-0.3, -0.25) is 0 Å².